The zero-order valence-corrected chi connectivity index (χ0v) is 10.1. The molecule has 0 radical (unpaired) electrons. The van der Waals surface area contributed by atoms with Gasteiger partial charge in [-0.05, 0) is 17.2 Å². The van der Waals surface area contributed by atoms with E-state index < -0.39 is 4.84 Å². The summed E-state index contributed by atoms with van der Waals surface area (Å²) in [5.41, 5.74) is 1.39. The van der Waals surface area contributed by atoms with Gasteiger partial charge in [0.15, 0.2) is 0 Å². The highest BCUT2D eigenvalue weighted by atomic mass is 35.5. The molecule has 13 heavy (non-hydrogen) atoms. The third-order valence-electron chi connectivity index (χ3n) is 1.60. The Hall–Kier alpha value is 0.670. The van der Waals surface area contributed by atoms with Gasteiger partial charge in [-0.3, -0.25) is 0 Å². The summed E-state index contributed by atoms with van der Waals surface area (Å²) in [6.07, 6.45) is 0. The molecule has 0 fully saturated rings. The lowest BCUT2D eigenvalue weighted by atomic mass is 10.1. The van der Waals surface area contributed by atoms with Gasteiger partial charge in [0.05, 0.1) is 10.0 Å². The lowest BCUT2D eigenvalue weighted by Crippen LogP contribution is -1.92. The van der Waals surface area contributed by atoms with E-state index in [2.05, 4.69) is 0 Å². The maximum absolute atomic E-state index is 5.91. The first-order valence-electron chi connectivity index (χ1n) is 3.38. The van der Waals surface area contributed by atoms with E-state index in [0.717, 1.165) is 0 Å². The predicted octanol–water partition coefficient (Wildman–Crippen LogP) is 5.21. The average molecular weight is 278 g/mol. The van der Waals surface area contributed by atoms with Crippen LogP contribution in [0.25, 0.3) is 0 Å². The molecule has 0 atom stereocenters. The first-order chi connectivity index (χ1) is 6.07. The lowest BCUT2D eigenvalue weighted by Gasteiger charge is -2.10. The Morgan fingerprint density at radius 2 is 1.77 bits per heavy atom. The zero-order chi connectivity index (χ0) is 10.0. The quantitative estimate of drug-likeness (QED) is 0.652. The predicted molar refractivity (Wildman–Crippen MR) is 60.5 cm³/mol. The van der Waals surface area contributed by atoms with Crippen LogP contribution in [0.2, 0.25) is 10.0 Å². The summed E-state index contributed by atoms with van der Waals surface area (Å²) in [5.74, 6) is 0.241. The van der Waals surface area contributed by atoms with Gasteiger partial charge in [-0.2, -0.15) is 0 Å². The van der Waals surface area contributed by atoms with Crippen molar-refractivity contribution in [3.8, 4) is 0 Å². The van der Waals surface area contributed by atoms with Crippen molar-refractivity contribution in [2.75, 3.05) is 0 Å². The van der Waals surface area contributed by atoms with Crippen molar-refractivity contribution in [2.24, 2.45) is 0 Å². The molecular formula is C8H5Cl5. The van der Waals surface area contributed by atoms with Crippen LogP contribution in [0, 0.1) is 0 Å². The Morgan fingerprint density at radius 3 is 2.23 bits per heavy atom. The average Bonchev–Trinajstić information content (AvgIpc) is 2.09. The van der Waals surface area contributed by atoms with Crippen molar-refractivity contribution in [3.63, 3.8) is 0 Å². The number of benzene rings is 1. The number of rotatable bonds is 2. The summed E-state index contributed by atoms with van der Waals surface area (Å²) in [6, 6.07) is 3.36. The second-order valence-electron chi connectivity index (χ2n) is 2.36. The summed E-state index contributed by atoms with van der Waals surface area (Å²) >= 11 is 28.8. The molecule has 0 N–H and O–H groups in total. The highest BCUT2D eigenvalue weighted by molar-refractivity contribution is 6.45. The Balaban J connectivity index is 3.30. The van der Waals surface area contributed by atoms with Crippen LogP contribution in [-0.4, -0.2) is 0 Å². The van der Waals surface area contributed by atoms with Crippen LogP contribution in [0.1, 0.15) is 16.0 Å². The molecular weight excluding hydrogens is 273 g/mol. The van der Waals surface area contributed by atoms with E-state index in [0.29, 0.717) is 21.2 Å². The van der Waals surface area contributed by atoms with E-state index in [9.17, 15) is 0 Å². The Bertz CT molecular complexity index is 308. The highest BCUT2D eigenvalue weighted by Gasteiger charge is 2.14. The van der Waals surface area contributed by atoms with Gasteiger partial charge >= 0.3 is 0 Å². The second kappa shape index (κ2) is 4.95. The van der Waals surface area contributed by atoms with Gasteiger partial charge in [-0.1, -0.05) is 29.3 Å². The van der Waals surface area contributed by atoms with Crippen LogP contribution in [0.5, 0.6) is 0 Å². The Kier molecular flexibility index (Phi) is 4.47. The number of hydrogen-bond acceptors (Lipinski definition) is 0. The first-order valence-corrected chi connectivity index (χ1v) is 5.55. The monoisotopic (exact) mass is 276 g/mol. The fourth-order valence-electron chi connectivity index (χ4n) is 0.948. The van der Waals surface area contributed by atoms with Crippen molar-refractivity contribution < 1.29 is 0 Å². The molecule has 0 aliphatic rings. The molecule has 5 heteroatoms. The molecule has 0 saturated heterocycles. The van der Waals surface area contributed by atoms with Crippen molar-refractivity contribution in [2.45, 2.75) is 10.7 Å². The summed E-state index contributed by atoms with van der Waals surface area (Å²) in [4.78, 5) is -0.636. The SMILES string of the molecule is ClCc1c(C(Cl)Cl)ccc(Cl)c1Cl. The topological polar surface area (TPSA) is 0 Å². The van der Waals surface area contributed by atoms with E-state index in [1.807, 2.05) is 0 Å². The number of alkyl halides is 3. The van der Waals surface area contributed by atoms with Crippen molar-refractivity contribution in [3.05, 3.63) is 33.3 Å². The molecule has 0 aromatic heterocycles. The van der Waals surface area contributed by atoms with Gasteiger partial charge in [0.2, 0.25) is 0 Å². The summed E-state index contributed by atoms with van der Waals surface area (Å²) in [5, 5.41) is 0.871. The third kappa shape index (κ3) is 2.57. The molecule has 0 nitrogen and oxygen atoms in total. The minimum atomic E-state index is -0.636. The second-order valence-corrected chi connectivity index (χ2v) is 4.51. The fraction of sp³-hybridized carbons (Fsp3) is 0.250. The Labute approximate surface area is 102 Å². The number of hydrogen-bond donors (Lipinski definition) is 0. The summed E-state index contributed by atoms with van der Waals surface area (Å²) < 4.78 is 0. The van der Waals surface area contributed by atoms with E-state index in [1.165, 1.54) is 0 Å². The molecule has 0 aliphatic carbocycles. The van der Waals surface area contributed by atoms with Crippen molar-refractivity contribution in [1.82, 2.24) is 0 Å². The van der Waals surface area contributed by atoms with Crippen molar-refractivity contribution >= 4 is 58.0 Å². The molecule has 0 saturated carbocycles. The summed E-state index contributed by atoms with van der Waals surface area (Å²) in [6.45, 7) is 0. The Morgan fingerprint density at radius 1 is 1.15 bits per heavy atom. The molecule has 0 heterocycles. The molecule has 1 rings (SSSR count). The van der Waals surface area contributed by atoms with Gasteiger partial charge in [0.25, 0.3) is 0 Å². The van der Waals surface area contributed by atoms with Crippen LogP contribution in [-0.2, 0) is 5.88 Å². The van der Waals surface area contributed by atoms with Crippen LogP contribution < -0.4 is 0 Å². The summed E-state index contributed by atoms with van der Waals surface area (Å²) in [7, 11) is 0. The minimum absolute atomic E-state index is 0.241. The maximum atomic E-state index is 5.91. The van der Waals surface area contributed by atoms with Crippen LogP contribution in [0.3, 0.4) is 0 Å². The van der Waals surface area contributed by atoms with Gasteiger partial charge in [0.1, 0.15) is 4.84 Å². The van der Waals surface area contributed by atoms with E-state index in [4.69, 9.17) is 58.0 Å². The van der Waals surface area contributed by atoms with Gasteiger partial charge in [0, 0.05) is 5.88 Å². The fourth-order valence-corrected chi connectivity index (χ4v) is 2.13. The zero-order valence-electron chi connectivity index (χ0n) is 6.33. The normalized spacial score (nSPS) is 10.9. The van der Waals surface area contributed by atoms with E-state index >= 15 is 0 Å². The molecule has 72 valence electrons. The van der Waals surface area contributed by atoms with Crippen LogP contribution in [0.4, 0.5) is 0 Å². The molecule has 0 bridgehead atoms. The minimum Gasteiger partial charge on any atom is -0.121 e. The molecule has 1 aromatic carbocycles. The van der Waals surface area contributed by atoms with Crippen molar-refractivity contribution in [1.29, 1.82) is 0 Å². The molecule has 1 aromatic rings. The van der Waals surface area contributed by atoms with E-state index in [1.54, 1.807) is 12.1 Å². The number of halogens is 5. The molecule has 0 spiro atoms. The smallest absolute Gasteiger partial charge is 0.121 e. The van der Waals surface area contributed by atoms with Gasteiger partial charge in [-0.15, -0.1) is 34.8 Å². The first kappa shape index (κ1) is 11.7. The molecule has 0 aliphatic heterocycles. The third-order valence-corrected chi connectivity index (χ3v) is 3.18. The van der Waals surface area contributed by atoms with Gasteiger partial charge < -0.3 is 0 Å². The lowest BCUT2D eigenvalue weighted by molar-refractivity contribution is 1.24. The molecule has 0 amide bonds. The van der Waals surface area contributed by atoms with E-state index in [-0.39, 0.29) is 5.88 Å². The standard InChI is InChI=1S/C8H5Cl5/c9-3-5-4(8(12)13)1-2-6(10)7(5)11/h1-2,8H,3H2. The molecule has 0 unspecified atom stereocenters. The van der Waals surface area contributed by atoms with Crippen LogP contribution >= 0.6 is 58.0 Å². The van der Waals surface area contributed by atoms with Crippen LogP contribution in [0.15, 0.2) is 12.1 Å². The largest absolute Gasteiger partial charge is 0.133 e. The highest BCUT2D eigenvalue weighted by Crippen LogP contribution is 2.36. The maximum Gasteiger partial charge on any atom is 0.133 e. The van der Waals surface area contributed by atoms with Gasteiger partial charge in [-0.25, -0.2) is 0 Å².